The van der Waals surface area contributed by atoms with Crippen LogP contribution in [0.1, 0.15) is 50.5 Å². The Morgan fingerprint density at radius 1 is 1.08 bits per heavy atom. The molecule has 1 saturated carbocycles. The molecule has 5 nitrogen and oxygen atoms in total. The Hall–Kier alpha value is -1.88. The number of nitrogens with zero attached hydrogens (tertiary/aromatic N) is 2. The quantitative estimate of drug-likeness (QED) is 0.886. The molecule has 1 amide bonds. The van der Waals surface area contributed by atoms with Crippen molar-refractivity contribution < 1.29 is 9.59 Å². The van der Waals surface area contributed by atoms with Crippen molar-refractivity contribution in [3.05, 3.63) is 29.8 Å². The van der Waals surface area contributed by atoms with Gasteiger partial charge in [-0.05, 0) is 44.7 Å². The third-order valence-electron chi connectivity index (χ3n) is 6.53. The average molecular weight is 355 g/mol. The van der Waals surface area contributed by atoms with E-state index in [9.17, 15) is 9.59 Å². The molecule has 0 aromatic heterocycles. The summed E-state index contributed by atoms with van der Waals surface area (Å²) in [5.74, 6) is 0.569. The molecular weight excluding hydrogens is 326 g/mol. The van der Waals surface area contributed by atoms with Crippen molar-refractivity contribution in [1.82, 2.24) is 10.2 Å². The number of rotatable bonds is 2. The van der Waals surface area contributed by atoms with Crippen molar-refractivity contribution in [2.75, 3.05) is 24.7 Å². The first-order valence-corrected chi connectivity index (χ1v) is 9.95. The minimum atomic E-state index is -0.119. The van der Waals surface area contributed by atoms with Gasteiger partial charge < -0.3 is 10.2 Å². The van der Waals surface area contributed by atoms with Gasteiger partial charge in [0.05, 0.1) is 24.7 Å². The lowest BCUT2D eigenvalue weighted by atomic mass is 9.79. The summed E-state index contributed by atoms with van der Waals surface area (Å²) in [6.45, 7) is 4.49. The number of ketones is 1. The molecule has 1 N–H and O–H groups in total. The molecule has 1 atom stereocenters. The second-order valence-electron chi connectivity index (χ2n) is 8.19. The monoisotopic (exact) mass is 355 g/mol. The van der Waals surface area contributed by atoms with E-state index in [0.29, 0.717) is 18.9 Å². The Morgan fingerprint density at radius 2 is 1.81 bits per heavy atom. The van der Waals surface area contributed by atoms with E-state index in [-0.39, 0.29) is 17.5 Å². The van der Waals surface area contributed by atoms with Crippen LogP contribution < -0.4 is 10.2 Å². The Morgan fingerprint density at radius 3 is 2.50 bits per heavy atom. The van der Waals surface area contributed by atoms with E-state index >= 15 is 0 Å². The number of piperidine rings is 1. The van der Waals surface area contributed by atoms with Gasteiger partial charge in [0, 0.05) is 25.2 Å². The molecule has 2 heterocycles. The van der Waals surface area contributed by atoms with Crippen LogP contribution in [0.2, 0.25) is 0 Å². The summed E-state index contributed by atoms with van der Waals surface area (Å²) in [4.78, 5) is 29.3. The highest BCUT2D eigenvalue weighted by Crippen LogP contribution is 2.38. The van der Waals surface area contributed by atoms with Crippen molar-refractivity contribution in [3.8, 4) is 0 Å². The second-order valence-corrected chi connectivity index (χ2v) is 8.19. The summed E-state index contributed by atoms with van der Waals surface area (Å²) in [5.41, 5.74) is 2.30. The highest BCUT2D eigenvalue weighted by Gasteiger charge is 2.45. The van der Waals surface area contributed by atoms with Crippen molar-refractivity contribution in [1.29, 1.82) is 0 Å². The Labute approximate surface area is 155 Å². The number of hydrogen-bond donors (Lipinski definition) is 1. The van der Waals surface area contributed by atoms with Crippen LogP contribution in [0.15, 0.2) is 24.3 Å². The molecule has 2 aliphatic heterocycles. The van der Waals surface area contributed by atoms with Gasteiger partial charge in [0.15, 0.2) is 0 Å². The van der Waals surface area contributed by atoms with Crippen molar-refractivity contribution >= 4 is 17.4 Å². The summed E-state index contributed by atoms with van der Waals surface area (Å²) in [6.07, 6.45) is 6.39. The number of amides is 1. The molecule has 0 radical (unpaired) electrons. The van der Waals surface area contributed by atoms with Crippen molar-refractivity contribution in [2.45, 2.75) is 63.5 Å². The predicted octanol–water partition coefficient (Wildman–Crippen LogP) is 2.63. The van der Waals surface area contributed by atoms with Crippen molar-refractivity contribution in [3.63, 3.8) is 0 Å². The van der Waals surface area contributed by atoms with Gasteiger partial charge in [-0.3, -0.25) is 14.5 Å². The SMILES string of the molecule is Cc1ccc(N2CNC(=O)CC23CCN(C2CCCCC2=O)CC3)cc1. The zero-order chi connectivity index (χ0) is 18.1. The lowest BCUT2D eigenvalue weighted by Gasteiger charge is -2.53. The first-order valence-electron chi connectivity index (χ1n) is 9.95. The molecule has 3 fully saturated rings. The highest BCUT2D eigenvalue weighted by atomic mass is 16.2. The van der Waals surface area contributed by atoms with Crippen LogP contribution in [0, 0.1) is 6.92 Å². The minimum Gasteiger partial charge on any atom is -0.348 e. The number of likely N-dealkylation sites (tertiary alicyclic amines) is 1. The fourth-order valence-electron chi connectivity index (χ4n) is 4.93. The van der Waals surface area contributed by atoms with E-state index in [4.69, 9.17) is 0 Å². The van der Waals surface area contributed by atoms with Crippen LogP contribution in [0.4, 0.5) is 5.69 Å². The number of carbonyl (C=O) groups excluding carboxylic acids is 2. The molecule has 140 valence electrons. The molecule has 5 heteroatoms. The maximum absolute atomic E-state index is 12.3. The number of benzene rings is 1. The van der Waals surface area contributed by atoms with Crippen LogP contribution >= 0.6 is 0 Å². The second kappa shape index (κ2) is 7.03. The molecule has 1 unspecified atom stereocenters. The van der Waals surface area contributed by atoms with E-state index in [2.05, 4.69) is 46.3 Å². The van der Waals surface area contributed by atoms with E-state index in [0.717, 1.165) is 51.6 Å². The van der Waals surface area contributed by atoms with Gasteiger partial charge in [0.25, 0.3) is 0 Å². The zero-order valence-electron chi connectivity index (χ0n) is 15.7. The summed E-state index contributed by atoms with van der Waals surface area (Å²) >= 11 is 0. The van der Waals surface area contributed by atoms with Gasteiger partial charge in [-0.15, -0.1) is 0 Å². The maximum Gasteiger partial charge on any atom is 0.223 e. The van der Waals surface area contributed by atoms with E-state index in [1.165, 1.54) is 11.3 Å². The fraction of sp³-hybridized carbons (Fsp3) is 0.619. The number of Topliss-reactive ketones (excluding diaryl/α,β-unsaturated/α-hetero) is 1. The molecule has 1 aromatic rings. The van der Waals surface area contributed by atoms with Gasteiger partial charge in [-0.25, -0.2) is 0 Å². The van der Waals surface area contributed by atoms with Crippen LogP contribution in [0.25, 0.3) is 0 Å². The van der Waals surface area contributed by atoms with Gasteiger partial charge in [-0.2, -0.15) is 0 Å². The molecule has 4 rings (SSSR count). The molecule has 26 heavy (non-hydrogen) atoms. The predicted molar refractivity (Wildman–Crippen MR) is 102 cm³/mol. The normalized spacial score (nSPS) is 26.8. The number of aryl methyl sites for hydroxylation is 1. The van der Waals surface area contributed by atoms with E-state index in [1.54, 1.807) is 0 Å². The molecule has 0 bridgehead atoms. The minimum absolute atomic E-state index is 0.117. The number of hydrogen-bond acceptors (Lipinski definition) is 4. The lowest BCUT2D eigenvalue weighted by molar-refractivity contribution is -0.129. The summed E-state index contributed by atoms with van der Waals surface area (Å²) < 4.78 is 0. The average Bonchev–Trinajstić information content (AvgIpc) is 2.64. The van der Waals surface area contributed by atoms with Gasteiger partial charge >= 0.3 is 0 Å². The van der Waals surface area contributed by atoms with Crippen molar-refractivity contribution in [2.24, 2.45) is 0 Å². The first-order chi connectivity index (χ1) is 12.6. The first kappa shape index (κ1) is 17.5. The zero-order valence-corrected chi connectivity index (χ0v) is 15.7. The van der Waals surface area contributed by atoms with Gasteiger partial charge in [0.1, 0.15) is 5.78 Å². The van der Waals surface area contributed by atoms with Crippen LogP contribution in [0.3, 0.4) is 0 Å². The summed E-state index contributed by atoms with van der Waals surface area (Å²) in [7, 11) is 0. The maximum atomic E-state index is 12.3. The van der Waals surface area contributed by atoms with Gasteiger partial charge in [-0.1, -0.05) is 24.1 Å². The Balaban J connectivity index is 1.52. The molecular formula is C21H29N3O2. The largest absolute Gasteiger partial charge is 0.348 e. The van der Waals surface area contributed by atoms with Crippen LogP contribution in [-0.4, -0.2) is 47.9 Å². The lowest BCUT2D eigenvalue weighted by Crippen LogP contribution is -2.64. The topological polar surface area (TPSA) is 52.7 Å². The summed E-state index contributed by atoms with van der Waals surface area (Å²) in [5, 5.41) is 3.02. The van der Waals surface area contributed by atoms with E-state index in [1.807, 2.05) is 0 Å². The Bertz CT molecular complexity index is 677. The molecule has 1 aliphatic carbocycles. The van der Waals surface area contributed by atoms with E-state index < -0.39 is 0 Å². The molecule has 1 spiro atoms. The number of anilines is 1. The molecule has 3 aliphatic rings. The number of carbonyl (C=O) groups is 2. The van der Waals surface area contributed by atoms with Crippen LogP contribution in [-0.2, 0) is 9.59 Å². The number of nitrogens with one attached hydrogen (secondary N) is 1. The molecule has 1 aromatic carbocycles. The van der Waals surface area contributed by atoms with Gasteiger partial charge in [0.2, 0.25) is 5.91 Å². The smallest absolute Gasteiger partial charge is 0.223 e. The standard InChI is InChI=1S/C21H29N3O2/c1-16-6-8-17(9-7-16)24-15-22-20(26)14-21(24)10-12-23(13-11-21)18-4-2-3-5-19(18)25/h6-9,18H,2-5,10-15H2,1H3,(H,22,26). The molecule has 2 saturated heterocycles. The third kappa shape index (κ3) is 3.25. The van der Waals surface area contributed by atoms with Crippen LogP contribution in [0.5, 0.6) is 0 Å². The Kier molecular flexibility index (Phi) is 4.74. The highest BCUT2D eigenvalue weighted by molar-refractivity contribution is 5.84. The fourth-order valence-corrected chi connectivity index (χ4v) is 4.93. The third-order valence-corrected chi connectivity index (χ3v) is 6.53. The summed E-state index contributed by atoms with van der Waals surface area (Å²) in [6, 6.07) is 8.70.